The molecule has 5 nitrogen and oxygen atoms in total. The van der Waals surface area contributed by atoms with Crippen LogP contribution >= 0.6 is 136 Å². The lowest BCUT2D eigenvalue weighted by molar-refractivity contribution is -0.145. The first-order chi connectivity index (χ1) is 23.0. The van der Waals surface area contributed by atoms with Crippen LogP contribution < -0.4 is 16.2 Å². The molecule has 4 N–H and O–H groups in total. The van der Waals surface area contributed by atoms with E-state index in [0.29, 0.717) is 33.5 Å². The molecule has 0 radical (unpaired) electrons. The zero-order valence-electron chi connectivity index (χ0n) is 28.1. The topological polar surface area (TPSA) is 95.4 Å². The molecule has 0 aliphatic carbocycles. The fourth-order valence-corrected chi connectivity index (χ4v) is 13.5. The Morgan fingerprint density at radius 2 is 1.17 bits per heavy atom. The molecule has 2 aromatic carbocycles. The number of esters is 1. The van der Waals surface area contributed by atoms with E-state index in [2.05, 4.69) is 168 Å². The maximum atomic E-state index is 14.2. The minimum Gasteiger partial charge on any atom is -0.424 e. The van der Waals surface area contributed by atoms with Crippen molar-refractivity contribution in [2.24, 2.45) is 5.92 Å². The van der Waals surface area contributed by atoms with E-state index in [9.17, 15) is 9.59 Å². The summed E-state index contributed by atoms with van der Waals surface area (Å²) >= 11 is 13.4. The molecule has 0 aliphatic heterocycles. The molecule has 2 unspecified atom stereocenters. The van der Waals surface area contributed by atoms with Crippen LogP contribution in [0.15, 0.2) is 24.3 Å². The number of hydrogen-bond donors (Lipinski definition) is 2. The number of rotatable bonds is 23. The van der Waals surface area contributed by atoms with Crippen molar-refractivity contribution < 1.29 is 14.3 Å². The number of Topliss-reactive ketones (excluding diaryl/α,β-unsaturated/α-hetero) is 1. The second kappa shape index (κ2) is 25.3. The van der Waals surface area contributed by atoms with Crippen LogP contribution in [0.1, 0.15) is 134 Å². The number of ketones is 1. The molecule has 2 aromatic rings. The first kappa shape index (κ1) is 45.5. The molecule has 0 aromatic heterocycles. The SMILES string of the molecule is CCCCCCCCC=CCCCCCCCC(=O)C(C(=O)Oc1c(I)cc(I)c(N)c1I)C(CCCC)c1c(I)cc(I)c(N)c1I. The van der Waals surface area contributed by atoms with Crippen LogP contribution in [0.5, 0.6) is 5.75 Å². The van der Waals surface area contributed by atoms with E-state index in [1.807, 2.05) is 6.07 Å². The molecular weight excluding hydrogens is 1280 g/mol. The molecule has 48 heavy (non-hydrogen) atoms. The van der Waals surface area contributed by atoms with Gasteiger partial charge < -0.3 is 16.2 Å². The summed E-state index contributed by atoms with van der Waals surface area (Å²) in [4.78, 5) is 28.4. The fourth-order valence-electron chi connectivity index (χ4n) is 5.75. The second-order valence-corrected chi connectivity index (χ2v) is 19.1. The van der Waals surface area contributed by atoms with Gasteiger partial charge in [0.05, 0.1) is 18.5 Å². The second-order valence-electron chi connectivity index (χ2n) is 12.3. The third-order valence-electron chi connectivity index (χ3n) is 8.53. The lowest BCUT2D eigenvalue weighted by atomic mass is 9.78. The van der Waals surface area contributed by atoms with Crippen molar-refractivity contribution in [3.05, 3.63) is 51.3 Å². The van der Waals surface area contributed by atoms with E-state index in [1.165, 1.54) is 51.4 Å². The number of allylic oxidation sites excluding steroid dienone is 2. The molecule has 2 rings (SSSR count). The largest absolute Gasteiger partial charge is 0.424 e. The quantitative estimate of drug-likeness (QED) is 0.0220. The highest BCUT2D eigenvalue weighted by molar-refractivity contribution is 14.1. The van der Waals surface area contributed by atoms with E-state index in [0.717, 1.165) is 68.4 Å². The van der Waals surface area contributed by atoms with Gasteiger partial charge in [-0.05, 0) is 192 Å². The van der Waals surface area contributed by atoms with Crippen LogP contribution in [0, 0.1) is 27.3 Å². The Morgan fingerprint density at radius 3 is 1.75 bits per heavy atom. The number of benzene rings is 2. The Kier molecular flexibility index (Phi) is 24.0. The van der Waals surface area contributed by atoms with Gasteiger partial charge >= 0.3 is 5.97 Å². The zero-order chi connectivity index (χ0) is 35.6. The van der Waals surface area contributed by atoms with Crippen molar-refractivity contribution in [3.8, 4) is 5.75 Å². The van der Waals surface area contributed by atoms with Crippen LogP contribution in [0.25, 0.3) is 0 Å². The lowest BCUT2D eigenvalue weighted by Crippen LogP contribution is -2.35. The first-order valence-corrected chi connectivity index (χ1v) is 23.7. The van der Waals surface area contributed by atoms with Crippen LogP contribution in [-0.2, 0) is 9.59 Å². The number of carbonyl (C=O) groups excluding carboxylic acids is 2. The smallest absolute Gasteiger partial charge is 0.322 e. The standard InChI is InChI=1S/C37H50I6N2O3/c1-3-5-7-8-9-10-11-12-13-14-15-16-17-18-19-21-29(46)31(37(47)48-36-28(41)23-27(40)35(45)33(36)43)24(20-6-4-2)30-25(38)22-26(39)34(44)32(30)42/h12-13,22-24,31H,3-11,14-21,44-45H2,1-2H3. The monoisotopic (exact) mass is 1330 g/mol. The van der Waals surface area contributed by atoms with E-state index in [-0.39, 0.29) is 11.7 Å². The highest BCUT2D eigenvalue weighted by atomic mass is 127. The van der Waals surface area contributed by atoms with E-state index in [1.54, 1.807) is 0 Å². The molecule has 0 heterocycles. The van der Waals surface area contributed by atoms with Gasteiger partial charge in [0.1, 0.15) is 11.7 Å². The normalized spacial score (nSPS) is 12.8. The number of anilines is 2. The molecule has 268 valence electrons. The van der Waals surface area contributed by atoms with Crippen molar-refractivity contribution >= 4 is 159 Å². The van der Waals surface area contributed by atoms with Gasteiger partial charge in [-0.15, -0.1) is 0 Å². The molecular formula is C37H50I6N2O3. The summed E-state index contributed by atoms with van der Waals surface area (Å²) in [5, 5.41) is 0. The molecule has 2 atom stereocenters. The fraction of sp³-hybridized carbons (Fsp3) is 0.568. The average Bonchev–Trinajstić information content (AvgIpc) is 3.05. The number of ether oxygens (including phenoxy) is 1. The maximum Gasteiger partial charge on any atom is 0.322 e. The Bertz CT molecular complexity index is 1370. The van der Waals surface area contributed by atoms with Crippen molar-refractivity contribution in [1.29, 1.82) is 0 Å². The predicted octanol–water partition coefficient (Wildman–Crippen LogP) is 13.6. The van der Waals surface area contributed by atoms with Crippen molar-refractivity contribution in [2.75, 3.05) is 11.5 Å². The number of nitrogen functional groups attached to an aromatic ring is 2. The molecule has 0 spiro atoms. The van der Waals surface area contributed by atoms with E-state index < -0.39 is 11.9 Å². The number of nitrogens with two attached hydrogens (primary N) is 2. The molecule has 11 heteroatoms. The van der Waals surface area contributed by atoms with E-state index >= 15 is 0 Å². The number of carbonyl (C=O) groups is 2. The third kappa shape index (κ3) is 15.0. The summed E-state index contributed by atoms with van der Waals surface area (Å²) in [6.45, 7) is 4.39. The Morgan fingerprint density at radius 1 is 0.667 bits per heavy atom. The number of hydrogen-bond acceptors (Lipinski definition) is 5. The van der Waals surface area contributed by atoms with Crippen molar-refractivity contribution in [3.63, 3.8) is 0 Å². The van der Waals surface area contributed by atoms with E-state index in [4.69, 9.17) is 16.2 Å². The lowest BCUT2D eigenvalue weighted by Gasteiger charge is -2.28. The number of halogens is 6. The summed E-state index contributed by atoms with van der Waals surface area (Å²) in [5.74, 6) is -1.39. The Hall–Kier alpha value is 1.30. The van der Waals surface area contributed by atoms with Crippen LogP contribution in [0.3, 0.4) is 0 Å². The van der Waals surface area contributed by atoms with Crippen LogP contribution in [0.4, 0.5) is 11.4 Å². The highest BCUT2D eigenvalue weighted by Crippen LogP contribution is 2.42. The first-order valence-electron chi connectivity index (χ1n) is 17.2. The predicted molar refractivity (Wildman–Crippen MR) is 254 cm³/mol. The van der Waals surface area contributed by atoms with Gasteiger partial charge in [0.2, 0.25) is 0 Å². The van der Waals surface area contributed by atoms with Crippen LogP contribution in [0.2, 0.25) is 0 Å². The van der Waals surface area contributed by atoms with Gasteiger partial charge in [0.15, 0.2) is 5.75 Å². The number of unbranched alkanes of at least 4 members (excludes halogenated alkanes) is 12. The molecule has 0 saturated carbocycles. The van der Waals surface area contributed by atoms with Gasteiger partial charge in [-0.25, -0.2) is 0 Å². The van der Waals surface area contributed by atoms with Crippen molar-refractivity contribution in [2.45, 2.75) is 129 Å². The molecule has 0 saturated heterocycles. The van der Waals surface area contributed by atoms with Gasteiger partial charge in [-0.2, -0.15) is 0 Å². The third-order valence-corrected chi connectivity index (χ3v) is 14.2. The Balaban J connectivity index is 2.14. The maximum absolute atomic E-state index is 14.2. The summed E-state index contributed by atoms with van der Waals surface area (Å²) < 4.78 is 11.4. The molecule has 0 fully saturated rings. The van der Waals surface area contributed by atoms with Gasteiger partial charge in [0, 0.05) is 26.6 Å². The minimum absolute atomic E-state index is 0.0500. The summed E-state index contributed by atoms with van der Waals surface area (Å²) in [6, 6.07) is 3.96. The summed E-state index contributed by atoms with van der Waals surface area (Å²) in [5.41, 5.74) is 15.1. The zero-order valence-corrected chi connectivity index (χ0v) is 41.1. The molecule has 0 aliphatic rings. The summed E-state index contributed by atoms with van der Waals surface area (Å²) in [7, 11) is 0. The highest BCUT2D eigenvalue weighted by Gasteiger charge is 2.39. The van der Waals surface area contributed by atoms with Crippen molar-refractivity contribution in [1.82, 2.24) is 0 Å². The average molecular weight is 1330 g/mol. The molecule has 0 bridgehead atoms. The van der Waals surface area contributed by atoms with Gasteiger partial charge in [-0.1, -0.05) is 90.2 Å². The minimum atomic E-state index is -0.929. The molecule has 0 amide bonds. The van der Waals surface area contributed by atoms with Gasteiger partial charge in [-0.3, -0.25) is 9.59 Å². The Labute approximate surface area is 371 Å². The summed E-state index contributed by atoms with van der Waals surface area (Å²) in [6.07, 6.45) is 23.1. The van der Waals surface area contributed by atoms with Gasteiger partial charge in [0.25, 0.3) is 0 Å². The van der Waals surface area contributed by atoms with Crippen LogP contribution in [-0.4, -0.2) is 11.8 Å².